The highest BCUT2D eigenvalue weighted by Gasteiger charge is 2.39. The third-order valence-electron chi connectivity index (χ3n) is 3.42. The van der Waals surface area contributed by atoms with Crippen LogP contribution in [0.4, 0.5) is 4.79 Å². The zero-order valence-electron chi connectivity index (χ0n) is 13.1. The molecule has 0 aliphatic carbocycles. The molecule has 0 bridgehead atoms. The molecule has 0 radical (unpaired) electrons. The highest BCUT2D eigenvalue weighted by Crippen LogP contribution is 2.34. The SMILES string of the molecule is CC(C)(C)OC(=O)N1C(=O)C(=CO)CCC1c1ccccc1. The molecule has 2 amide bonds. The van der Waals surface area contributed by atoms with Gasteiger partial charge in [0.1, 0.15) is 5.60 Å². The van der Waals surface area contributed by atoms with E-state index in [9.17, 15) is 14.7 Å². The molecule has 0 aromatic heterocycles. The Balaban J connectivity index is 2.35. The monoisotopic (exact) mass is 303 g/mol. The first-order valence-electron chi connectivity index (χ1n) is 7.28. The molecule has 0 saturated carbocycles. The zero-order chi connectivity index (χ0) is 16.3. The summed E-state index contributed by atoms with van der Waals surface area (Å²) in [6.45, 7) is 5.25. The molecule has 1 heterocycles. The first-order valence-corrected chi connectivity index (χ1v) is 7.28. The van der Waals surface area contributed by atoms with Crippen molar-refractivity contribution in [3.05, 3.63) is 47.7 Å². The lowest BCUT2D eigenvalue weighted by molar-refractivity contribution is -0.130. The second-order valence-electron chi connectivity index (χ2n) is 6.27. The fourth-order valence-corrected chi connectivity index (χ4v) is 2.46. The van der Waals surface area contributed by atoms with E-state index < -0.39 is 17.6 Å². The van der Waals surface area contributed by atoms with E-state index in [4.69, 9.17) is 4.74 Å². The Morgan fingerprint density at radius 3 is 2.50 bits per heavy atom. The number of aliphatic hydroxyl groups excluding tert-OH is 1. The van der Waals surface area contributed by atoms with E-state index in [1.807, 2.05) is 30.3 Å². The number of likely N-dealkylation sites (tertiary alicyclic amines) is 1. The van der Waals surface area contributed by atoms with Gasteiger partial charge in [0.2, 0.25) is 0 Å². The Morgan fingerprint density at radius 1 is 1.32 bits per heavy atom. The number of hydrogen-bond acceptors (Lipinski definition) is 4. The average molecular weight is 303 g/mol. The van der Waals surface area contributed by atoms with Gasteiger partial charge in [-0.05, 0) is 39.2 Å². The first kappa shape index (κ1) is 16.1. The molecular formula is C17H21NO4. The zero-order valence-corrected chi connectivity index (χ0v) is 13.1. The van der Waals surface area contributed by atoms with Gasteiger partial charge in [0.15, 0.2) is 0 Å². The minimum Gasteiger partial charge on any atom is -0.515 e. The summed E-state index contributed by atoms with van der Waals surface area (Å²) in [5.41, 5.74) is 0.399. The van der Waals surface area contributed by atoms with Gasteiger partial charge < -0.3 is 9.84 Å². The molecule has 1 unspecified atom stereocenters. The fourth-order valence-electron chi connectivity index (χ4n) is 2.46. The van der Waals surface area contributed by atoms with E-state index in [0.717, 1.165) is 16.7 Å². The van der Waals surface area contributed by atoms with Gasteiger partial charge in [0.25, 0.3) is 5.91 Å². The van der Waals surface area contributed by atoms with E-state index in [0.29, 0.717) is 12.8 Å². The highest BCUT2D eigenvalue weighted by atomic mass is 16.6. The molecule has 1 aromatic carbocycles. The van der Waals surface area contributed by atoms with Crippen molar-refractivity contribution in [1.82, 2.24) is 4.90 Å². The van der Waals surface area contributed by atoms with Crippen LogP contribution in [-0.4, -0.2) is 27.6 Å². The van der Waals surface area contributed by atoms with Crippen molar-refractivity contribution in [2.75, 3.05) is 0 Å². The van der Waals surface area contributed by atoms with E-state index >= 15 is 0 Å². The standard InChI is InChI=1S/C17H21NO4/c1-17(2,3)22-16(21)18-14(12-7-5-4-6-8-12)10-9-13(11-19)15(18)20/h4-8,11,14,19H,9-10H2,1-3H3. The van der Waals surface area contributed by atoms with Crippen LogP contribution < -0.4 is 0 Å². The van der Waals surface area contributed by atoms with Crippen molar-refractivity contribution < 1.29 is 19.4 Å². The molecule has 118 valence electrons. The largest absolute Gasteiger partial charge is 0.515 e. The van der Waals surface area contributed by atoms with E-state index in [2.05, 4.69) is 0 Å². The molecule has 1 aliphatic heterocycles. The quantitative estimate of drug-likeness (QED) is 0.634. The van der Waals surface area contributed by atoms with E-state index in [1.54, 1.807) is 20.8 Å². The van der Waals surface area contributed by atoms with Crippen LogP contribution in [0.3, 0.4) is 0 Å². The minimum absolute atomic E-state index is 0.220. The van der Waals surface area contributed by atoms with Gasteiger partial charge in [-0.25, -0.2) is 9.69 Å². The molecule has 1 aliphatic rings. The lowest BCUT2D eigenvalue weighted by Crippen LogP contribution is -2.46. The predicted octanol–water partition coefficient (Wildman–Crippen LogP) is 3.73. The Bertz CT molecular complexity index is 586. The topological polar surface area (TPSA) is 66.8 Å². The van der Waals surface area contributed by atoms with Crippen molar-refractivity contribution in [1.29, 1.82) is 0 Å². The van der Waals surface area contributed by atoms with Crippen molar-refractivity contribution in [2.24, 2.45) is 0 Å². The molecule has 1 atom stereocenters. The number of piperidine rings is 1. The van der Waals surface area contributed by atoms with Crippen LogP contribution in [-0.2, 0) is 9.53 Å². The average Bonchev–Trinajstić information content (AvgIpc) is 2.45. The minimum atomic E-state index is -0.695. The van der Waals surface area contributed by atoms with Crippen LogP contribution in [0.15, 0.2) is 42.2 Å². The number of carbonyl (C=O) groups excluding carboxylic acids is 2. The number of ether oxygens (including phenoxy) is 1. The second-order valence-corrected chi connectivity index (χ2v) is 6.27. The summed E-state index contributed by atoms with van der Waals surface area (Å²) in [6, 6.07) is 8.98. The lowest BCUT2D eigenvalue weighted by atomic mass is 9.93. The summed E-state index contributed by atoms with van der Waals surface area (Å²) < 4.78 is 5.35. The molecule has 1 fully saturated rings. The van der Waals surface area contributed by atoms with Crippen LogP contribution in [0.5, 0.6) is 0 Å². The molecule has 1 saturated heterocycles. The maximum Gasteiger partial charge on any atom is 0.417 e. The van der Waals surface area contributed by atoms with Crippen molar-refractivity contribution in [3.8, 4) is 0 Å². The molecular weight excluding hydrogens is 282 g/mol. The number of nitrogens with zero attached hydrogens (tertiary/aromatic N) is 1. The number of carbonyl (C=O) groups is 2. The third kappa shape index (κ3) is 3.47. The van der Waals surface area contributed by atoms with Crippen LogP contribution in [0.25, 0.3) is 0 Å². The molecule has 1 aromatic rings. The number of imide groups is 1. The smallest absolute Gasteiger partial charge is 0.417 e. The Morgan fingerprint density at radius 2 is 1.95 bits per heavy atom. The summed E-state index contributed by atoms with van der Waals surface area (Å²) >= 11 is 0. The first-order chi connectivity index (χ1) is 10.3. The van der Waals surface area contributed by atoms with Gasteiger partial charge in [0.05, 0.1) is 17.9 Å². The van der Waals surface area contributed by atoms with E-state index in [-0.39, 0.29) is 11.6 Å². The van der Waals surface area contributed by atoms with Crippen molar-refractivity contribution >= 4 is 12.0 Å². The fraction of sp³-hybridized carbons (Fsp3) is 0.412. The Labute approximate surface area is 130 Å². The van der Waals surface area contributed by atoms with Crippen LogP contribution in [0, 0.1) is 0 Å². The van der Waals surface area contributed by atoms with Crippen molar-refractivity contribution in [3.63, 3.8) is 0 Å². The van der Waals surface area contributed by atoms with Crippen LogP contribution in [0.2, 0.25) is 0 Å². The molecule has 22 heavy (non-hydrogen) atoms. The van der Waals surface area contributed by atoms with Gasteiger partial charge in [-0.3, -0.25) is 4.79 Å². The number of aliphatic hydroxyl groups is 1. The number of hydrogen-bond donors (Lipinski definition) is 1. The Kier molecular flexibility index (Phi) is 4.54. The van der Waals surface area contributed by atoms with E-state index in [1.165, 1.54) is 0 Å². The molecule has 1 N–H and O–H groups in total. The van der Waals surface area contributed by atoms with Gasteiger partial charge in [0, 0.05) is 0 Å². The highest BCUT2D eigenvalue weighted by molar-refractivity contribution is 6.03. The van der Waals surface area contributed by atoms with Crippen LogP contribution >= 0.6 is 0 Å². The summed E-state index contributed by atoms with van der Waals surface area (Å²) in [4.78, 5) is 26.0. The normalized spacial score (nSPS) is 21.0. The van der Waals surface area contributed by atoms with Crippen molar-refractivity contribution in [2.45, 2.75) is 45.3 Å². The number of amides is 2. The summed E-state index contributed by atoms with van der Waals surface area (Å²) in [7, 11) is 0. The second kappa shape index (κ2) is 6.22. The van der Waals surface area contributed by atoms with Gasteiger partial charge in [-0.2, -0.15) is 0 Å². The maximum atomic E-state index is 12.5. The Hall–Kier alpha value is -2.30. The molecule has 0 spiro atoms. The van der Waals surface area contributed by atoms with Gasteiger partial charge >= 0.3 is 6.09 Å². The summed E-state index contributed by atoms with van der Waals surface area (Å²) in [6.07, 6.45) is 1.07. The lowest BCUT2D eigenvalue weighted by Gasteiger charge is -2.36. The summed E-state index contributed by atoms with van der Waals surface area (Å²) in [5, 5.41) is 9.19. The summed E-state index contributed by atoms with van der Waals surface area (Å²) in [5.74, 6) is -0.503. The van der Waals surface area contributed by atoms with Gasteiger partial charge in [-0.15, -0.1) is 0 Å². The van der Waals surface area contributed by atoms with Crippen LogP contribution in [0.1, 0.15) is 45.2 Å². The predicted molar refractivity (Wildman–Crippen MR) is 82.2 cm³/mol. The number of benzene rings is 1. The molecule has 5 heteroatoms. The van der Waals surface area contributed by atoms with Gasteiger partial charge in [-0.1, -0.05) is 30.3 Å². The molecule has 5 nitrogen and oxygen atoms in total. The molecule has 2 rings (SSSR count). The maximum absolute atomic E-state index is 12.5. The third-order valence-corrected chi connectivity index (χ3v) is 3.42. The number of rotatable bonds is 1.